The molecule has 7 heteroatoms. The van der Waals surface area contributed by atoms with Gasteiger partial charge in [-0.15, -0.1) is 0 Å². The average Bonchev–Trinajstić information content (AvgIpc) is 2.78. The highest BCUT2D eigenvalue weighted by atomic mass is 16.5. The normalized spacial score (nSPS) is 16.2. The van der Waals surface area contributed by atoms with Crippen molar-refractivity contribution in [2.75, 3.05) is 30.4 Å². The fraction of sp³-hybridized carbons (Fsp3) is 0.227. The van der Waals surface area contributed by atoms with Crippen molar-refractivity contribution in [3.63, 3.8) is 0 Å². The zero-order valence-corrected chi connectivity index (χ0v) is 16.2. The molecule has 0 saturated carbocycles. The second-order valence-corrected chi connectivity index (χ2v) is 6.74. The second kappa shape index (κ2) is 8.60. The van der Waals surface area contributed by atoms with Gasteiger partial charge in [0.05, 0.1) is 7.11 Å². The molecule has 1 fully saturated rings. The van der Waals surface area contributed by atoms with Crippen LogP contribution in [-0.2, 0) is 11.3 Å². The number of hydrogen-bond acceptors (Lipinski definition) is 6. The first-order chi connectivity index (χ1) is 14.2. The minimum Gasteiger partial charge on any atom is -0.497 e. The van der Waals surface area contributed by atoms with Gasteiger partial charge < -0.3 is 20.3 Å². The number of benzene rings is 2. The fourth-order valence-corrected chi connectivity index (χ4v) is 3.40. The Balaban J connectivity index is 1.52. The summed E-state index contributed by atoms with van der Waals surface area (Å²) in [5, 5.41) is 6.20. The maximum atomic E-state index is 12.6. The van der Waals surface area contributed by atoms with E-state index in [1.165, 1.54) is 0 Å². The summed E-state index contributed by atoms with van der Waals surface area (Å²) in [7, 11) is 1.65. The van der Waals surface area contributed by atoms with Crippen molar-refractivity contribution in [3.8, 4) is 5.75 Å². The standard InChI is InChI=1S/C22H23N5O2/c1-29-18-9-7-16(8-10-18)15-25-22-24-12-11-19(26-22)27-14-13-23-21(28)20(27)17-5-3-2-4-6-17/h2-12,20H,13-15H2,1H3,(H,23,28)(H,24,25,26). The van der Waals surface area contributed by atoms with Gasteiger partial charge in [-0.3, -0.25) is 4.79 Å². The molecule has 3 aromatic rings. The zero-order chi connectivity index (χ0) is 20.1. The van der Waals surface area contributed by atoms with Crippen molar-refractivity contribution in [1.82, 2.24) is 15.3 Å². The molecule has 0 bridgehead atoms. The van der Waals surface area contributed by atoms with E-state index in [0.717, 1.165) is 22.7 Å². The van der Waals surface area contributed by atoms with Gasteiger partial charge >= 0.3 is 0 Å². The van der Waals surface area contributed by atoms with Crippen molar-refractivity contribution < 1.29 is 9.53 Å². The summed E-state index contributed by atoms with van der Waals surface area (Å²) in [5.74, 6) is 2.05. The number of piperazine rings is 1. The molecule has 1 unspecified atom stereocenters. The third-order valence-electron chi connectivity index (χ3n) is 4.87. The molecule has 4 rings (SSSR count). The summed E-state index contributed by atoms with van der Waals surface area (Å²) in [6, 6.07) is 19.0. The van der Waals surface area contributed by atoms with E-state index >= 15 is 0 Å². The molecule has 1 saturated heterocycles. The summed E-state index contributed by atoms with van der Waals surface area (Å²) < 4.78 is 5.19. The van der Waals surface area contributed by atoms with Crippen LogP contribution in [0.3, 0.4) is 0 Å². The lowest BCUT2D eigenvalue weighted by atomic mass is 10.0. The topological polar surface area (TPSA) is 79.4 Å². The third kappa shape index (κ3) is 4.29. The van der Waals surface area contributed by atoms with Crippen molar-refractivity contribution in [3.05, 3.63) is 78.0 Å². The van der Waals surface area contributed by atoms with Crippen LogP contribution in [0.5, 0.6) is 5.75 Å². The van der Waals surface area contributed by atoms with Crippen LogP contribution in [0.15, 0.2) is 66.9 Å². The number of carbonyl (C=O) groups excluding carboxylic acids is 1. The summed E-state index contributed by atoms with van der Waals surface area (Å²) in [4.78, 5) is 23.6. The molecule has 1 atom stereocenters. The van der Waals surface area contributed by atoms with E-state index in [0.29, 0.717) is 25.6 Å². The van der Waals surface area contributed by atoms with Crippen molar-refractivity contribution >= 4 is 17.7 Å². The Hall–Kier alpha value is -3.61. The van der Waals surface area contributed by atoms with Crippen LogP contribution in [0.25, 0.3) is 0 Å². The minimum atomic E-state index is -0.408. The van der Waals surface area contributed by atoms with Crippen LogP contribution in [-0.4, -0.2) is 36.1 Å². The highest BCUT2D eigenvalue weighted by Gasteiger charge is 2.32. The molecular weight excluding hydrogens is 366 g/mol. The number of rotatable bonds is 6. The summed E-state index contributed by atoms with van der Waals surface area (Å²) in [6.45, 7) is 1.86. The van der Waals surface area contributed by atoms with Gasteiger partial charge in [0.15, 0.2) is 0 Å². The van der Waals surface area contributed by atoms with Crippen LogP contribution in [0.2, 0.25) is 0 Å². The molecule has 0 spiro atoms. The van der Waals surface area contributed by atoms with E-state index in [2.05, 4.69) is 20.6 Å². The van der Waals surface area contributed by atoms with E-state index in [4.69, 9.17) is 4.74 Å². The summed E-state index contributed by atoms with van der Waals surface area (Å²) in [5.41, 5.74) is 2.04. The molecule has 1 amide bonds. The Morgan fingerprint density at radius 3 is 2.69 bits per heavy atom. The Bertz CT molecular complexity index is 962. The van der Waals surface area contributed by atoms with Crippen molar-refractivity contribution in [2.45, 2.75) is 12.6 Å². The van der Waals surface area contributed by atoms with E-state index in [1.54, 1.807) is 13.3 Å². The third-order valence-corrected chi connectivity index (χ3v) is 4.87. The maximum absolute atomic E-state index is 12.6. The molecule has 0 radical (unpaired) electrons. The number of nitrogens with one attached hydrogen (secondary N) is 2. The van der Waals surface area contributed by atoms with E-state index in [9.17, 15) is 4.79 Å². The first-order valence-electron chi connectivity index (χ1n) is 9.54. The molecule has 1 aromatic heterocycles. The predicted octanol–water partition coefficient (Wildman–Crippen LogP) is 2.77. The van der Waals surface area contributed by atoms with Crippen LogP contribution in [0, 0.1) is 0 Å². The van der Waals surface area contributed by atoms with Gasteiger partial charge in [-0.25, -0.2) is 4.98 Å². The van der Waals surface area contributed by atoms with Crippen LogP contribution >= 0.6 is 0 Å². The molecule has 2 N–H and O–H groups in total. The molecule has 148 valence electrons. The zero-order valence-electron chi connectivity index (χ0n) is 16.2. The Labute approximate surface area is 169 Å². The Kier molecular flexibility index (Phi) is 5.56. The van der Waals surface area contributed by atoms with Gasteiger partial charge in [-0.2, -0.15) is 4.98 Å². The average molecular weight is 389 g/mol. The first-order valence-corrected chi connectivity index (χ1v) is 9.54. The van der Waals surface area contributed by atoms with Gasteiger partial charge in [-0.1, -0.05) is 42.5 Å². The van der Waals surface area contributed by atoms with Crippen LogP contribution in [0.1, 0.15) is 17.2 Å². The number of anilines is 2. The first kappa shape index (κ1) is 18.7. The minimum absolute atomic E-state index is 0.0196. The van der Waals surface area contributed by atoms with Gasteiger partial charge in [0.2, 0.25) is 11.9 Å². The molecule has 0 aliphatic carbocycles. The second-order valence-electron chi connectivity index (χ2n) is 6.74. The molecule has 1 aliphatic heterocycles. The number of ether oxygens (including phenoxy) is 1. The van der Waals surface area contributed by atoms with Crippen molar-refractivity contribution in [1.29, 1.82) is 0 Å². The number of carbonyl (C=O) groups is 1. The van der Waals surface area contributed by atoms with E-state index in [1.807, 2.05) is 65.6 Å². The largest absolute Gasteiger partial charge is 0.497 e. The van der Waals surface area contributed by atoms with Crippen LogP contribution < -0.4 is 20.3 Å². The van der Waals surface area contributed by atoms with Gasteiger partial charge in [0, 0.05) is 25.8 Å². The molecule has 1 aliphatic rings. The monoisotopic (exact) mass is 389 g/mol. The molecule has 2 heterocycles. The molecule has 2 aromatic carbocycles. The van der Waals surface area contributed by atoms with Gasteiger partial charge in [0.1, 0.15) is 17.6 Å². The maximum Gasteiger partial charge on any atom is 0.247 e. The summed E-state index contributed by atoms with van der Waals surface area (Å²) >= 11 is 0. The van der Waals surface area contributed by atoms with Crippen LogP contribution in [0.4, 0.5) is 11.8 Å². The Morgan fingerprint density at radius 1 is 1.14 bits per heavy atom. The molecule has 29 heavy (non-hydrogen) atoms. The predicted molar refractivity (Wildman–Crippen MR) is 112 cm³/mol. The molecular formula is C22H23N5O2. The number of hydrogen-bond donors (Lipinski definition) is 2. The lowest BCUT2D eigenvalue weighted by Crippen LogP contribution is -2.50. The van der Waals surface area contributed by atoms with E-state index in [-0.39, 0.29) is 5.91 Å². The SMILES string of the molecule is COc1ccc(CNc2nccc(N3CCNC(=O)C3c3ccccc3)n2)cc1. The highest BCUT2D eigenvalue weighted by Crippen LogP contribution is 2.28. The lowest BCUT2D eigenvalue weighted by Gasteiger charge is -2.36. The highest BCUT2D eigenvalue weighted by molar-refractivity contribution is 5.87. The van der Waals surface area contributed by atoms with Gasteiger partial charge in [-0.05, 0) is 29.3 Å². The number of aromatic nitrogens is 2. The quantitative estimate of drug-likeness (QED) is 0.675. The van der Waals surface area contributed by atoms with Gasteiger partial charge in [0.25, 0.3) is 0 Å². The molecule has 7 nitrogen and oxygen atoms in total. The number of methoxy groups -OCH3 is 1. The van der Waals surface area contributed by atoms with E-state index < -0.39 is 6.04 Å². The lowest BCUT2D eigenvalue weighted by molar-refractivity contribution is -0.123. The van der Waals surface area contributed by atoms with Crippen molar-refractivity contribution in [2.24, 2.45) is 0 Å². The number of nitrogens with zero attached hydrogens (tertiary/aromatic N) is 3. The number of amides is 1. The smallest absolute Gasteiger partial charge is 0.247 e. The fourth-order valence-electron chi connectivity index (χ4n) is 3.40. The summed E-state index contributed by atoms with van der Waals surface area (Å²) in [6.07, 6.45) is 1.72. The Morgan fingerprint density at radius 2 is 1.93 bits per heavy atom.